The molecule has 2 amide bonds. The number of hydrogen-bond donors (Lipinski definition) is 1. The number of nitro groups is 1. The molecule has 1 aromatic carbocycles. The summed E-state index contributed by atoms with van der Waals surface area (Å²) < 4.78 is 0. The van der Waals surface area contributed by atoms with E-state index in [0.29, 0.717) is 17.5 Å². The molecule has 0 saturated heterocycles. The van der Waals surface area contributed by atoms with Crippen molar-refractivity contribution in [1.29, 1.82) is 0 Å². The lowest BCUT2D eigenvalue weighted by Crippen LogP contribution is -2.46. The van der Waals surface area contributed by atoms with Crippen LogP contribution in [0.3, 0.4) is 0 Å². The van der Waals surface area contributed by atoms with Crippen LogP contribution >= 0.6 is 0 Å². The molecule has 2 aromatic heterocycles. The maximum absolute atomic E-state index is 13.0. The van der Waals surface area contributed by atoms with Gasteiger partial charge in [0.05, 0.1) is 29.0 Å². The number of urea groups is 1. The van der Waals surface area contributed by atoms with Crippen molar-refractivity contribution < 1.29 is 9.72 Å². The Hall–Kier alpha value is -4.08. The number of nitrogens with one attached hydrogen (secondary N) is 1. The lowest BCUT2D eigenvalue weighted by atomic mass is 10.1. The van der Waals surface area contributed by atoms with Crippen LogP contribution in [0.2, 0.25) is 0 Å². The average molecular weight is 405 g/mol. The van der Waals surface area contributed by atoms with E-state index in [-0.39, 0.29) is 18.3 Å². The summed E-state index contributed by atoms with van der Waals surface area (Å²) in [5.41, 5.74) is 3.54. The third-order valence-electron chi connectivity index (χ3n) is 4.87. The second kappa shape index (κ2) is 7.39. The third kappa shape index (κ3) is 3.50. The zero-order valence-corrected chi connectivity index (χ0v) is 16.7. The van der Waals surface area contributed by atoms with Crippen LogP contribution in [-0.4, -0.2) is 33.0 Å². The van der Waals surface area contributed by atoms with Crippen molar-refractivity contribution in [3.63, 3.8) is 0 Å². The highest BCUT2D eigenvalue weighted by atomic mass is 16.6. The number of pyridine rings is 1. The van der Waals surface area contributed by atoms with E-state index >= 15 is 0 Å². The van der Waals surface area contributed by atoms with E-state index < -0.39 is 4.92 Å². The molecule has 30 heavy (non-hydrogen) atoms. The van der Waals surface area contributed by atoms with Gasteiger partial charge in [0, 0.05) is 36.6 Å². The number of non-ortho nitro benzene ring substituents is 1. The van der Waals surface area contributed by atoms with Gasteiger partial charge in [-0.05, 0) is 31.5 Å². The van der Waals surface area contributed by atoms with Gasteiger partial charge >= 0.3 is 6.03 Å². The summed E-state index contributed by atoms with van der Waals surface area (Å²) >= 11 is 0. The minimum Gasteiger partial charge on any atom is -0.323 e. The number of anilines is 4. The van der Waals surface area contributed by atoms with Crippen LogP contribution in [0.4, 0.5) is 33.6 Å². The first-order valence-electron chi connectivity index (χ1n) is 9.19. The topological polar surface area (TPSA) is 117 Å². The van der Waals surface area contributed by atoms with Gasteiger partial charge in [-0.25, -0.2) is 9.78 Å². The monoisotopic (exact) mass is 405 g/mol. The molecule has 0 unspecified atom stereocenters. The molecule has 0 aliphatic carbocycles. The molecule has 1 aliphatic rings. The number of benzene rings is 1. The summed E-state index contributed by atoms with van der Waals surface area (Å²) in [6.45, 7) is 3.92. The van der Waals surface area contributed by atoms with E-state index in [0.717, 1.165) is 22.5 Å². The highest BCUT2D eigenvalue weighted by molar-refractivity contribution is 6.05. The van der Waals surface area contributed by atoms with Gasteiger partial charge in [0.15, 0.2) is 0 Å². The quantitative estimate of drug-likeness (QED) is 0.519. The lowest BCUT2D eigenvalue weighted by Gasteiger charge is -2.34. The zero-order valence-electron chi connectivity index (χ0n) is 16.7. The zero-order chi connectivity index (χ0) is 21.4. The van der Waals surface area contributed by atoms with E-state index in [1.54, 1.807) is 32.4 Å². The molecular formula is C20H19N7O3. The second-order valence-corrected chi connectivity index (χ2v) is 7.01. The maximum atomic E-state index is 13.0. The van der Waals surface area contributed by atoms with Crippen LogP contribution in [0.1, 0.15) is 16.8 Å². The number of nitro benzene ring substituents is 1. The van der Waals surface area contributed by atoms with E-state index in [9.17, 15) is 14.9 Å². The molecule has 10 heteroatoms. The van der Waals surface area contributed by atoms with E-state index in [4.69, 9.17) is 0 Å². The Balaban J connectivity index is 1.65. The highest BCUT2D eigenvalue weighted by Gasteiger charge is 2.32. The van der Waals surface area contributed by atoms with Crippen LogP contribution in [0.15, 0.2) is 42.7 Å². The Kier molecular flexibility index (Phi) is 4.74. The molecule has 0 radical (unpaired) electrons. The van der Waals surface area contributed by atoms with E-state index in [1.165, 1.54) is 21.9 Å². The second-order valence-electron chi connectivity index (χ2n) is 7.01. The number of carbonyl (C=O) groups excluding carboxylic acids is 1. The van der Waals surface area contributed by atoms with Gasteiger partial charge in [-0.1, -0.05) is 6.07 Å². The molecule has 4 rings (SSSR count). The predicted octanol–water partition coefficient (Wildman–Crippen LogP) is 3.72. The van der Waals surface area contributed by atoms with Gasteiger partial charge < -0.3 is 5.32 Å². The first-order valence-corrected chi connectivity index (χ1v) is 9.19. The number of carbonyl (C=O) groups is 1. The summed E-state index contributed by atoms with van der Waals surface area (Å²) in [5.74, 6) is 0.830. The molecule has 0 saturated carbocycles. The first-order chi connectivity index (χ1) is 14.3. The number of nitrogens with zero attached hydrogens (tertiary/aromatic N) is 6. The number of amides is 2. The molecule has 0 bridgehead atoms. The van der Waals surface area contributed by atoms with Crippen molar-refractivity contribution in [2.75, 3.05) is 22.2 Å². The summed E-state index contributed by atoms with van der Waals surface area (Å²) in [7, 11) is 1.62. The average Bonchev–Trinajstić information content (AvgIpc) is 2.73. The normalized spacial score (nSPS) is 13.2. The van der Waals surface area contributed by atoms with Crippen molar-refractivity contribution in [2.45, 2.75) is 20.4 Å². The van der Waals surface area contributed by atoms with Gasteiger partial charge in [0.2, 0.25) is 5.95 Å². The molecule has 1 aliphatic heterocycles. The fourth-order valence-corrected chi connectivity index (χ4v) is 3.23. The predicted molar refractivity (Wildman–Crippen MR) is 112 cm³/mol. The Morgan fingerprint density at radius 1 is 1.13 bits per heavy atom. The highest BCUT2D eigenvalue weighted by Crippen LogP contribution is 2.33. The number of rotatable bonds is 4. The lowest BCUT2D eigenvalue weighted by molar-refractivity contribution is -0.384. The largest absolute Gasteiger partial charge is 0.330 e. The van der Waals surface area contributed by atoms with Crippen LogP contribution in [0.5, 0.6) is 0 Å². The molecule has 0 spiro atoms. The van der Waals surface area contributed by atoms with Crippen LogP contribution in [0, 0.1) is 24.0 Å². The van der Waals surface area contributed by atoms with Crippen LogP contribution < -0.4 is 15.1 Å². The van der Waals surface area contributed by atoms with E-state index in [1.807, 2.05) is 19.1 Å². The Labute approximate surface area is 172 Å². The Morgan fingerprint density at radius 3 is 2.63 bits per heavy atom. The summed E-state index contributed by atoms with van der Waals surface area (Å²) in [5, 5.41) is 14.2. The van der Waals surface area contributed by atoms with Crippen molar-refractivity contribution in [3.05, 3.63) is 69.7 Å². The molecule has 3 aromatic rings. The Morgan fingerprint density at radius 2 is 1.93 bits per heavy atom. The number of aryl methyl sites for hydroxylation is 2. The standard InChI is InChI=1S/C20H19N7O3/c1-12-4-7-16(27(29)30)8-17(12)26-11-14-9-22-19(24-18(14)25(3)20(26)28)23-15-6-5-13(2)21-10-15/h4-10H,11H2,1-3H3,(H,22,23,24). The molecule has 152 valence electrons. The van der Waals surface area contributed by atoms with E-state index in [2.05, 4.69) is 20.3 Å². The fourth-order valence-electron chi connectivity index (χ4n) is 3.23. The van der Waals surface area contributed by atoms with Crippen molar-refractivity contribution >= 4 is 34.9 Å². The van der Waals surface area contributed by atoms with Gasteiger partial charge in [0.1, 0.15) is 5.82 Å². The first kappa shape index (κ1) is 19.2. The van der Waals surface area contributed by atoms with Gasteiger partial charge in [-0.2, -0.15) is 4.98 Å². The minimum atomic E-state index is -0.476. The van der Waals surface area contributed by atoms with Crippen molar-refractivity contribution in [1.82, 2.24) is 15.0 Å². The molecular weight excluding hydrogens is 386 g/mol. The smallest absolute Gasteiger partial charge is 0.323 e. The molecule has 1 N–H and O–H groups in total. The Bertz CT molecular complexity index is 1150. The van der Waals surface area contributed by atoms with Crippen molar-refractivity contribution in [3.8, 4) is 0 Å². The molecule has 3 heterocycles. The summed E-state index contributed by atoms with van der Waals surface area (Å²) in [6, 6.07) is 7.88. The SMILES string of the molecule is Cc1ccc(Nc2ncc3c(n2)N(C)C(=O)N(c2cc([N+](=O)[O-])ccc2C)C3)cn1. The van der Waals surface area contributed by atoms with Gasteiger partial charge in [-0.15, -0.1) is 0 Å². The molecule has 0 atom stereocenters. The van der Waals surface area contributed by atoms with Crippen molar-refractivity contribution in [2.24, 2.45) is 0 Å². The molecule has 0 fully saturated rings. The minimum absolute atomic E-state index is 0.0700. The van der Waals surface area contributed by atoms with Gasteiger partial charge in [0.25, 0.3) is 5.69 Å². The number of hydrogen-bond acceptors (Lipinski definition) is 7. The van der Waals surface area contributed by atoms with Crippen LogP contribution in [0.25, 0.3) is 0 Å². The number of fused-ring (bicyclic) bond motifs is 1. The number of aromatic nitrogens is 3. The maximum Gasteiger partial charge on any atom is 0.330 e. The summed E-state index contributed by atoms with van der Waals surface area (Å²) in [6.07, 6.45) is 3.33. The van der Waals surface area contributed by atoms with Crippen LogP contribution in [-0.2, 0) is 6.54 Å². The summed E-state index contributed by atoms with van der Waals surface area (Å²) in [4.78, 5) is 39.7. The third-order valence-corrected chi connectivity index (χ3v) is 4.87. The fraction of sp³-hybridized carbons (Fsp3) is 0.200. The molecule has 10 nitrogen and oxygen atoms in total. The van der Waals surface area contributed by atoms with Gasteiger partial charge in [-0.3, -0.25) is 24.9 Å².